The predicted molar refractivity (Wildman–Crippen MR) is 113 cm³/mol. The highest BCUT2D eigenvalue weighted by molar-refractivity contribution is 8.00. The molecule has 0 spiro atoms. The van der Waals surface area contributed by atoms with E-state index in [-0.39, 0.29) is 11.6 Å². The van der Waals surface area contributed by atoms with Crippen LogP contribution in [0.2, 0.25) is 0 Å². The van der Waals surface area contributed by atoms with Crippen LogP contribution in [-0.4, -0.2) is 42.0 Å². The summed E-state index contributed by atoms with van der Waals surface area (Å²) in [6.45, 7) is 11.2. The van der Waals surface area contributed by atoms with Gasteiger partial charge in [0.2, 0.25) is 5.16 Å². The van der Waals surface area contributed by atoms with Crippen molar-refractivity contribution >= 4 is 23.3 Å². The molecule has 0 aliphatic carbocycles. The van der Waals surface area contributed by atoms with Crippen LogP contribution < -0.4 is 0 Å². The quantitative estimate of drug-likeness (QED) is 0.460. The van der Waals surface area contributed by atoms with Crippen molar-refractivity contribution in [3.05, 3.63) is 52.3 Å². The number of Topliss-reactive ketones (excluding diaryl/α,β-unsaturated/α-hetero) is 2. The van der Waals surface area contributed by atoms with Gasteiger partial charge in [0.05, 0.1) is 16.6 Å². The van der Waals surface area contributed by atoms with Gasteiger partial charge in [-0.05, 0) is 67.3 Å². The highest BCUT2D eigenvalue weighted by atomic mass is 32.2. The average molecular weight is 412 g/mol. The third-order valence-corrected chi connectivity index (χ3v) is 5.97. The molecule has 0 aliphatic rings. The molecule has 29 heavy (non-hydrogen) atoms. The molecule has 0 radical (unpaired) electrons. The lowest BCUT2D eigenvalue weighted by Crippen LogP contribution is -2.16. The summed E-state index contributed by atoms with van der Waals surface area (Å²) in [7, 11) is 0. The van der Waals surface area contributed by atoms with Crippen LogP contribution in [0.15, 0.2) is 29.4 Å². The molecular formula is C21H25N5O2S. The molecule has 7 nitrogen and oxygen atoms in total. The van der Waals surface area contributed by atoms with Crippen molar-refractivity contribution in [2.24, 2.45) is 0 Å². The van der Waals surface area contributed by atoms with Gasteiger partial charge in [0.15, 0.2) is 11.6 Å². The second kappa shape index (κ2) is 8.32. The summed E-state index contributed by atoms with van der Waals surface area (Å²) in [6, 6.07) is 8.05. The molecule has 1 aromatic carbocycles. The lowest BCUT2D eigenvalue weighted by molar-refractivity contribution is 0.0988. The minimum atomic E-state index is -0.425. The highest BCUT2D eigenvalue weighted by Gasteiger charge is 2.26. The number of aromatic nitrogens is 5. The van der Waals surface area contributed by atoms with Crippen molar-refractivity contribution in [3.63, 3.8) is 0 Å². The number of hydrogen-bond acceptors (Lipinski definition) is 6. The van der Waals surface area contributed by atoms with Crippen molar-refractivity contribution < 1.29 is 9.59 Å². The number of aryl methyl sites for hydroxylation is 1. The first-order valence-electron chi connectivity index (χ1n) is 9.50. The molecule has 1 unspecified atom stereocenters. The van der Waals surface area contributed by atoms with E-state index in [2.05, 4.69) is 46.5 Å². The van der Waals surface area contributed by atoms with Crippen LogP contribution >= 0.6 is 11.8 Å². The van der Waals surface area contributed by atoms with Crippen LogP contribution in [0, 0.1) is 13.8 Å². The van der Waals surface area contributed by atoms with Gasteiger partial charge in [-0.15, -0.1) is 5.10 Å². The molecule has 0 amide bonds. The standard InChI is InChI=1S/C21H25N5O2S/c1-11(2)16-7-9-17(10-8-16)26-21(23-24-25-26)29-15(6)20(28)19-12(3)18(14(5)27)13(4)22-19/h7-11,15,22H,1-6H3. The Morgan fingerprint density at radius 1 is 1.10 bits per heavy atom. The van der Waals surface area contributed by atoms with Gasteiger partial charge in [0, 0.05) is 11.3 Å². The topological polar surface area (TPSA) is 93.5 Å². The molecule has 3 rings (SSSR count). The molecule has 0 fully saturated rings. The number of rotatable bonds is 7. The minimum absolute atomic E-state index is 0.0515. The maximum absolute atomic E-state index is 13.0. The highest BCUT2D eigenvalue weighted by Crippen LogP contribution is 2.28. The van der Waals surface area contributed by atoms with Crippen molar-refractivity contribution in [3.8, 4) is 5.69 Å². The third kappa shape index (κ3) is 4.17. The summed E-state index contributed by atoms with van der Waals surface area (Å²) >= 11 is 1.29. The Hall–Kier alpha value is -2.74. The van der Waals surface area contributed by atoms with Crippen LogP contribution in [-0.2, 0) is 0 Å². The zero-order valence-electron chi connectivity index (χ0n) is 17.5. The summed E-state index contributed by atoms with van der Waals surface area (Å²) in [5.41, 5.74) is 4.53. The Morgan fingerprint density at radius 2 is 1.76 bits per heavy atom. The maximum Gasteiger partial charge on any atom is 0.214 e. The molecule has 0 bridgehead atoms. The Kier molecular flexibility index (Phi) is 6.02. The number of nitrogens with one attached hydrogen (secondary N) is 1. The number of carbonyl (C=O) groups is 2. The zero-order chi connectivity index (χ0) is 21.3. The Bertz CT molecular complexity index is 1050. The molecule has 8 heteroatoms. The van der Waals surface area contributed by atoms with Crippen LogP contribution in [0.25, 0.3) is 5.69 Å². The van der Waals surface area contributed by atoms with E-state index < -0.39 is 5.25 Å². The molecule has 1 atom stereocenters. The van der Waals surface area contributed by atoms with Crippen LogP contribution in [0.1, 0.15) is 71.3 Å². The molecule has 0 aliphatic heterocycles. The third-order valence-electron chi connectivity index (χ3n) is 4.93. The number of nitrogens with zero attached hydrogens (tertiary/aromatic N) is 4. The number of benzene rings is 1. The summed E-state index contributed by atoms with van der Waals surface area (Å²) in [4.78, 5) is 27.9. The summed E-state index contributed by atoms with van der Waals surface area (Å²) in [5.74, 6) is 0.300. The number of carbonyl (C=O) groups excluding carboxylic acids is 2. The van der Waals surface area contributed by atoms with Crippen molar-refractivity contribution in [1.29, 1.82) is 0 Å². The maximum atomic E-state index is 13.0. The summed E-state index contributed by atoms with van der Waals surface area (Å²) < 4.78 is 1.63. The van der Waals surface area contributed by atoms with Gasteiger partial charge in [-0.25, -0.2) is 0 Å². The van der Waals surface area contributed by atoms with E-state index in [9.17, 15) is 9.59 Å². The molecular weight excluding hydrogens is 386 g/mol. The number of thioether (sulfide) groups is 1. The second-order valence-corrected chi connectivity index (χ2v) is 8.73. The number of H-pyrrole nitrogens is 1. The summed E-state index contributed by atoms with van der Waals surface area (Å²) in [5, 5.41) is 12.1. The second-order valence-electron chi connectivity index (χ2n) is 7.43. The Morgan fingerprint density at radius 3 is 2.31 bits per heavy atom. The van der Waals surface area contributed by atoms with Gasteiger partial charge < -0.3 is 4.98 Å². The lowest BCUT2D eigenvalue weighted by Gasteiger charge is -2.11. The number of hydrogen-bond donors (Lipinski definition) is 1. The van der Waals surface area contributed by atoms with Crippen molar-refractivity contribution in [2.75, 3.05) is 0 Å². The van der Waals surface area contributed by atoms with E-state index in [0.717, 1.165) is 5.69 Å². The van der Waals surface area contributed by atoms with Crippen LogP contribution in [0.3, 0.4) is 0 Å². The first-order chi connectivity index (χ1) is 13.7. The normalized spacial score (nSPS) is 12.4. The smallest absolute Gasteiger partial charge is 0.214 e. The average Bonchev–Trinajstić information content (AvgIpc) is 3.24. The largest absolute Gasteiger partial charge is 0.355 e. The van der Waals surface area contributed by atoms with Gasteiger partial charge >= 0.3 is 0 Å². The Balaban J connectivity index is 1.83. The Labute approximate surface area is 174 Å². The number of aromatic amines is 1. The number of tetrazole rings is 1. The molecule has 3 aromatic rings. The molecule has 0 saturated carbocycles. The van der Waals surface area contributed by atoms with E-state index in [0.29, 0.717) is 33.6 Å². The van der Waals surface area contributed by atoms with E-state index in [4.69, 9.17) is 0 Å². The van der Waals surface area contributed by atoms with Gasteiger partial charge in [-0.1, -0.05) is 37.7 Å². The zero-order valence-corrected chi connectivity index (χ0v) is 18.3. The van der Waals surface area contributed by atoms with Crippen LogP contribution in [0.4, 0.5) is 0 Å². The first-order valence-corrected chi connectivity index (χ1v) is 10.4. The SMILES string of the molecule is CC(=O)c1c(C)[nH]c(C(=O)C(C)Sc2nnnn2-c2ccc(C(C)C)cc2)c1C. The molecule has 0 saturated heterocycles. The molecule has 1 N–H and O–H groups in total. The monoisotopic (exact) mass is 411 g/mol. The predicted octanol–water partition coefficient (Wildman–Crippen LogP) is 4.30. The number of ketones is 2. The van der Waals surface area contributed by atoms with E-state index in [1.807, 2.05) is 19.1 Å². The van der Waals surface area contributed by atoms with Gasteiger partial charge in [-0.2, -0.15) is 4.68 Å². The van der Waals surface area contributed by atoms with E-state index in [1.165, 1.54) is 24.2 Å². The first kappa shape index (κ1) is 21.0. The van der Waals surface area contributed by atoms with E-state index in [1.54, 1.807) is 18.5 Å². The fourth-order valence-corrected chi connectivity index (χ4v) is 4.22. The van der Waals surface area contributed by atoms with Crippen molar-refractivity contribution in [2.45, 2.75) is 57.9 Å². The summed E-state index contributed by atoms with van der Waals surface area (Å²) in [6.07, 6.45) is 0. The van der Waals surface area contributed by atoms with E-state index >= 15 is 0 Å². The fraction of sp³-hybridized carbons (Fsp3) is 0.381. The van der Waals surface area contributed by atoms with Gasteiger partial charge in [0.1, 0.15) is 0 Å². The minimum Gasteiger partial charge on any atom is -0.355 e. The molecule has 2 heterocycles. The van der Waals surface area contributed by atoms with Gasteiger partial charge in [-0.3, -0.25) is 9.59 Å². The van der Waals surface area contributed by atoms with Crippen molar-refractivity contribution in [1.82, 2.24) is 25.2 Å². The lowest BCUT2D eigenvalue weighted by atomic mass is 10.0. The molecule has 2 aromatic heterocycles. The van der Waals surface area contributed by atoms with Gasteiger partial charge in [0.25, 0.3) is 0 Å². The fourth-order valence-electron chi connectivity index (χ4n) is 3.35. The molecule has 152 valence electrons. The van der Waals surface area contributed by atoms with Crippen LogP contribution in [0.5, 0.6) is 0 Å².